The van der Waals surface area contributed by atoms with E-state index in [1.54, 1.807) is 12.1 Å². The summed E-state index contributed by atoms with van der Waals surface area (Å²) < 4.78 is 0. The second kappa shape index (κ2) is 9.89. The second-order valence-corrected chi connectivity index (χ2v) is 11.3. The number of carboxylic acid groups (broad SMARTS) is 1. The van der Waals surface area contributed by atoms with E-state index in [1.165, 1.54) is 40.5 Å². The fourth-order valence-corrected chi connectivity index (χ4v) is 5.08. The lowest BCUT2D eigenvalue weighted by Gasteiger charge is -2.43. The molecule has 3 aromatic carbocycles. The first kappa shape index (κ1) is 26.2. The predicted octanol–water partition coefficient (Wildman–Crippen LogP) is 7.26. The number of anilines is 1. The standard InChI is InChI=1S/C32H35NO4/c1-20-6-8-22(9-7-20)19-33-26-18-23(17-25-29(26)32(4,5)15-14-31(25,2)3)27(34)13-11-21-10-12-24(30(36)37)28(35)16-21/h6-13,16-18,33,35H,14-15,19H2,1-5H3,(H,36,37). The van der Waals surface area contributed by atoms with Crippen LogP contribution in [0.2, 0.25) is 0 Å². The van der Waals surface area contributed by atoms with Gasteiger partial charge >= 0.3 is 5.97 Å². The normalized spacial score (nSPS) is 15.8. The van der Waals surface area contributed by atoms with Crippen molar-refractivity contribution in [2.45, 2.75) is 64.8 Å². The van der Waals surface area contributed by atoms with Gasteiger partial charge in [-0.2, -0.15) is 0 Å². The van der Waals surface area contributed by atoms with Crippen LogP contribution in [-0.2, 0) is 17.4 Å². The van der Waals surface area contributed by atoms with E-state index >= 15 is 0 Å². The lowest BCUT2D eigenvalue weighted by atomic mass is 9.62. The molecule has 0 saturated heterocycles. The molecule has 0 amide bonds. The Morgan fingerprint density at radius 3 is 2.27 bits per heavy atom. The molecule has 0 saturated carbocycles. The van der Waals surface area contributed by atoms with Crippen LogP contribution in [0.5, 0.6) is 5.75 Å². The number of hydrogen-bond acceptors (Lipinski definition) is 4. The molecule has 0 heterocycles. The van der Waals surface area contributed by atoms with Gasteiger partial charge in [0.2, 0.25) is 0 Å². The molecule has 5 heteroatoms. The van der Waals surface area contributed by atoms with E-state index in [4.69, 9.17) is 5.11 Å². The van der Waals surface area contributed by atoms with E-state index in [0.717, 1.165) is 18.5 Å². The number of fused-ring (bicyclic) bond motifs is 1. The number of phenols is 1. The number of carboxylic acids is 1. The zero-order valence-corrected chi connectivity index (χ0v) is 22.2. The molecule has 4 rings (SSSR count). The Morgan fingerprint density at radius 1 is 0.946 bits per heavy atom. The molecule has 0 spiro atoms. The SMILES string of the molecule is Cc1ccc(CNc2cc(C(=O)C=Cc3ccc(C(=O)O)c(O)c3)cc3c2C(C)(C)CCC3(C)C)cc1. The number of rotatable bonds is 7. The molecule has 1 aliphatic carbocycles. The zero-order valence-electron chi connectivity index (χ0n) is 22.2. The molecule has 5 nitrogen and oxygen atoms in total. The van der Waals surface area contributed by atoms with Crippen molar-refractivity contribution in [1.29, 1.82) is 0 Å². The average Bonchev–Trinajstić information content (AvgIpc) is 2.84. The van der Waals surface area contributed by atoms with Crippen LogP contribution in [0, 0.1) is 6.92 Å². The van der Waals surface area contributed by atoms with Crippen LogP contribution in [0.1, 0.15) is 89.1 Å². The molecule has 192 valence electrons. The van der Waals surface area contributed by atoms with E-state index < -0.39 is 5.97 Å². The van der Waals surface area contributed by atoms with Crippen molar-refractivity contribution >= 4 is 23.5 Å². The van der Waals surface area contributed by atoms with Crippen molar-refractivity contribution in [1.82, 2.24) is 0 Å². The number of aromatic hydroxyl groups is 1. The van der Waals surface area contributed by atoms with Crippen LogP contribution >= 0.6 is 0 Å². The number of carbonyl (C=O) groups excluding carboxylic acids is 1. The molecule has 37 heavy (non-hydrogen) atoms. The summed E-state index contributed by atoms with van der Waals surface area (Å²) in [7, 11) is 0. The first-order valence-corrected chi connectivity index (χ1v) is 12.6. The van der Waals surface area contributed by atoms with Crippen molar-refractivity contribution in [2.24, 2.45) is 0 Å². The Hall–Kier alpha value is -3.86. The van der Waals surface area contributed by atoms with Crippen LogP contribution in [0.3, 0.4) is 0 Å². The Morgan fingerprint density at radius 2 is 1.62 bits per heavy atom. The highest BCUT2D eigenvalue weighted by molar-refractivity contribution is 6.07. The van der Waals surface area contributed by atoms with E-state index in [-0.39, 0.29) is 27.9 Å². The lowest BCUT2D eigenvalue weighted by molar-refractivity contribution is 0.0693. The summed E-state index contributed by atoms with van der Waals surface area (Å²) in [5, 5.41) is 22.7. The van der Waals surface area contributed by atoms with Gasteiger partial charge in [0, 0.05) is 17.8 Å². The Kier molecular flexibility index (Phi) is 7.00. The van der Waals surface area contributed by atoms with Gasteiger partial charge in [0.15, 0.2) is 5.78 Å². The van der Waals surface area contributed by atoms with Crippen molar-refractivity contribution in [3.8, 4) is 5.75 Å². The molecule has 3 N–H and O–H groups in total. The van der Waals surface area contributed by atoms with Crippen LogP contribution in [0.15, 0.2) is 60.7 Å². The minimum Gasteiger partial charge on any atom is -0.507 e. The number of nitrogens with one attached hydrogen (secondary N) is 1. The summed E-state index contributed by atoms with van der Waals surface area (Å²) in [6.45, 7) is 11.7. The number of carbonyl (C=O) groups is 2. The third-order valence-corrected chi connectivity index (χ3v) is 7.49. The maximum absolute atomic E-state index is 13.3. The van der Waals surface area contributed by atoms with E-state index in [2.05, 4.69) is 64.2 Å². The highest BCUT2D eigenvalue weighted by atomic mass is 16.4. The van der Waals surface area contributed by atoms with Gasteiger partial charge in [0.25, 0.3) is 0 Å². The maximum atomic E-state index is 13.3. The van der Waals surface area contributed by atoms with Gasteiger partial charge in [0.1, 0.15) is 11.3 Å². The highest BCUT2D eigenvalue weighted by Gasteiger charge is 2.39. The molecular weight excluding hydrogens is 462 g/mol. The van der Waals surface area contributed by atoms with Crippen LogP contribution in [0.4, 0.5) is 5.69 Å². The lowest BCUT2D eigenvalue weighted by Crippen LogP contribution is -2.35. The maximum Gasteiger partial charge on any atom is 0.339 e. The van der Waals surface area contributed by atoms with Gasteiger partial charge in [-0.3, -0.25) is 4.79 Å². The number of aryl methyl sites for hydroxylation is 1. The number of hydrogen-bond donors (Lipinski definition) is 3. The summed E-state index contributed by atoms with van der Waals surface area (Å²) in [6.07, 6.45) is 5.17. The summed E-state index contributed by atoms with van der Waals surface area (Å²) in [6, 6.07) is 16.7. The van der Waals surface area contributed by atoms with E-state index in [0.29, 0.717) is 17.7 Å². The molecule has 3 aromatic rings. The van der Waals surface area contributed by atoms with Gasteiger partial charge < -0.3 is 15.5 Å². The number of allylic oxidation sites excluding steroid dienone is 1. The van der Waals surface area contributed by atoms with Gasteiger partial charge in [-0.15, -0.1) is 0 Å². The molecule has 0 aliphatic heterocycles. The quantitative estimate of drug-likeness (QED) is 0.236. The minimum absolute atomic E-state index is 0.0265. The third kappa shape index (κ3) is 5.61. The Balaban J connectivity index is 1.71. The van der Waals surface area contributed by atoms with Gasteiger partial charge in [-0.05, 0) is 83.2 Å². The third-order valence-electron chi connectivity index (χ3n) is 7.49. The molecule has 0 unspecified atom stereocenters. The highest BCUT2D eigenvalue weighted by Crippen LogP contribution is 2.49. The second-order valence-electron chi connectivity index (χ2n) is 11.3. The Labute approximate surface area is 218 Å². The predicted molar refractivity (Wildman–Crippen MR) is 149 cm³/mol. The monoisotopic (exact) mass is 497 g/mol. The van der Waals surface area contributed by atoms with Gasteiger partial charge in [-0.25, -0.2) is 4.79 Å². The first-order valence-electron chi connectivity index (χ1n) is 12.6. The molecule has 1 aliphatic rings. The van der Waals surface area contributed by atoms with Crippen LogP contribution in [-0.4, -0.2) is 22.0 Å². The zero-order chi connectivity index (χ0) is 27.0. The summed E-state index contributed by atoms with van der Waals surface area (Å²) in [5.74, 6) is -1.68. The number of aromatic carboxylic acids is 1. The number of ketones is 1. The molecule has 0 fully saturated rings. The largest absolute Gasteiger partial charge is 0.507 e. The van der Waals surface area contributed by atoms with Crippen molar-refractivity contribution in [3.05, 3.63) is 99.6 Å². The van der Waals surface area contributed by atoms with E-state index in [1.807, 2.05) is 12.1 Å². The molecule has 0 aromatic heterocycles. The molecule has 0 radical (unpaired) electrons. The smallest absolute Gasteiger partial charge is 0.339 e. The van der Waals surface area contributed by atoms with Gasteiger partial charge in [0.05, 0.1) is 0 Å². The summed E-state index contributed by atoms with van der Waals surface area (Å²) >= 11 is 0. The van der Waals surface area contributed by atoms with Crippen molar-refractivity contribution < 1.29 is 19.8 Å². The minimum atomic E-state index is -1.20. The fourth-order valence-electron chi connectivity index (χ4n) is 5.08. The Bertz CT molecular complexity index is 1380. The first-order chi connectivity index (χ1) is 17.4. The number of benzene rings is 3. The van der Waals surface area contributed by atoms with Crippen LogP contribution in [0.25, 0.3) is 6.08 Å². The average molecular weight is 498 g/mol. The van der Waals surface area contributed by atoms with Crippen LogP contribution < -0.4 is 5.32 Å². The summed E-state index contributed by atoms with van der Waals surface area (Å²) in [5.41, 5.74) is 6.71. The van der Waals surface area contributed by atoms with E-state index in [9.17, 15) is 14.7 Å². The van der Waals surface area contributed by atoms with Gasteiger partial charge in [-0.1, -0.05) is 69.7 Å². The van der Waals surface area contributed by atoms with Crippen molar-refractivity contribution in [2.75, 3.05) is 5.32 Å². The molecular formula is C32H35NO4. The summed E-state index contributed by atoms with van der Waals surface area (Å²) in [4.78, 5) is 24.5. The fraction of sp³-hybridized carbons (Fsp3) is 0.312. The van der Waals surface area contributed by atoms with Crippen molar-refractivity contribution in [3.63, 3.8) is 0 Å². The molecule has 0 bridgehead atoms. The topological polar surface area (TPSA) is 86.6 Å². The molecule has 0 atom stereocenters.